The third kappa shape index (κ3) is 3.08. The van der Waals surface area contributed by atoms with E-state index in [1.165, 1.54) is 11.1 Å². The zero-order valence-corrected chi connectivity index (χ0v) is 13.0. The van der Waals surface area contributed by atoms with Crippen LogP contribution in [0.25, 0.3) is 0 Å². The number of hydrogen-bond donors (Lipinski definition) is 1. The summed E-state index contributed by atoms with van der Waals surface area (Å²) in [6.07, 6.45) is 5.91. The lowest BCUT2D eigenvalue weighted by atomic mass is 10.1. The van der Waals surface area contributed by atoms with Gasteiger partial charge >= 0.3 is 0 Å². The van der Waals surface area contributed by atoms with Crippen LogP contribution in [-0.2, 0) is 19.6 Å². The SMILES string of the molecule is Cc1cc(CNC(C)C)cnc1N1CCn2ccnc2C1. The Kier molecular flexibility index (Phi) is 3.92. The zero-order chi connectivity index (χ0) is 14.8. The van der Waals surface area contributed by atoms with Crippen molar-refractivity contribution in [2.24, 2.45) is 0 Å². The van der Waals surface area contributed by atoms with Gasteiger partial charge in [-0.15, -0.1) is 0 Å². The summed E-state index contributed by atoms with van der Waals surface area (Å²) in [5, 5.41) is 3.43. The van der Waals surface area contributed by atoms with Crippen LogP contribution >= 0.6 is 0 Å². The number of aryl methyl sites for hydroxylation is 1. The van der Waals surface area contributed by atoms with E-state index in [0.717, 1.165) is 37.8 Å². The molecule has 112 valence electrons. The highest BCUT2D eigenvalue weighted by molar-refractivity contribution is 5.48. The van der Waals surface area contributed by atoms with Gasteiger partial charge in [-0.3, -0.25) is 0 Å². The molecule has 2 aromatic heterocycles. The van der Waals surface area contributed by atoms with E-state index in [2.05, 4.69) is 51.6 Å². The number of nitrogens with one attached hydrogen (secondary N) is 1. The lowest BCUT2D eigenvalue weighted by molar-refractivity contribution is 0.554. The van der Waals surface area contributed by atoms with Crippen molar-refractivity contribution in [1.82, 2.24) is 19.9 Å². The lowest BCUT2D eigenvalue weighted by Crippen LogP contribution is -2.34. The summed E-state index contributed by atoms with van der Waals surface area (Å²) >= 11 is 0. The Morgan fingerprint density at radius 3 is 2.90 bits per heavy atom. The molecule has 3 heterocycles. The van der Waals surface area contributed by atoms with Gasteiger partial charge in [0, 0.05) is 44.3 Å². The molecule has 0 amide bonds. The highest BCUT2D eigenvalue weighted by Crippen LogP contribution is 2.22. The molecule has 21 heavy (non-hydrogen) atoms. The largest absolute Gasteiger partial charge is 0.347 e. The van der Waals surface area contributed by atoms with Crippen molar-refractivity contribution in [2.45, 2.75) is 46.4 Å². The van der Waals surface area contributed by atoms with Gasteiger partial charge in [-0.2, -0.15) is 0 Å². The fraction of sp³-hybridized carbons (Fsp3) is 0.500. The fourth-order valence-electron chi connectivity index (χ4n) is 2.73. The molecule has 1 aliphatic rings. The second-order valence-electron chi connectivity index (χ2n) is 5.98. The van der Waals surface area contributed by atoms with Crippen molar-refractivity contribution in [3.63, 3.8) is 0 Å². The summed E-state index contributed by atoms with van der Waals surface area (Å²) in [6, 6.07) is 2.73. The average molecular weight is 285 g/mol. The number of hydrogen-bond acceptors (Lipinski definition) is 4. The molecule has 0 aliphatic carbocycles. The van der Waals surface area contributed by atoms with Gasteiger partial charge in [-0.25, -0.2) is 9.97 Å². The van der Waals surface area contributed by atoms with Gasteiger partial charge in [0.05, 0.1) is 6.54 Å². The topological polar surface area (TPSA) is 46.0 Å². The van der Waals surface area contributed by atoms with Gasteiger partial charge in [0.15, 0.2) is 0 Å². The minimum absolute atomic E-state index is 0.492. The maximum absolute atomic E-state index is 4.69. The number of imidazole rings is 1. The molecule has 3 rings (SSSR count). The molecule has 5 nitrogen and oxygen atoms in total. The van der Waals surface area contributed by atoms with Crippen molar-refractivity contribution in [3.8, 4) is 0 Å². The zero-order valence-electron chi connectivity index (χ0n) is 13.0. The molecule has 0 atom stereocenters. The van der Waals surface area contributed by atoms with E-state index < -0.39 is 0 Å². The highest BCUT2D eigenvalue weighted by atomic mass is 15.3. The summed E-state index contributed by atoms with van der Waals surface area (Å²) < 4.78 is 2.22. The Morgan fingerprint density at radius 2 is 2.14 bits per heavy atom. The number of anilines is 1. The number of rotatable bonds is 4. The monoisotopic (exact) mass is 285 g/mol. The maximum atomic E-state index is 4.69. The Balaban J connectivity index is 1.74. The predicted molar refractivity (Wildman–Crippen MR) is 84.2 cm³/mol. The smallest absolute Gasteiger partial charge is 0.131 e. The van der Waals surface area contributed by atoms with E-state index in [0.29, 0.717) is 6.04 Å². The Hall–Kier alpha value is -1.88. The van der Waals surface area contributed by atoms with E-state index in [1.807, 2.05) is 18.6 Å². The minimum atomic E-state index is 0.492. The van der Waals surface area contributed by atoms with E-state index in [-0.39, 0.29) is 0 Å². The molecule has 5 heteroatoms. The second kappa shape index (κ2) is 5.85. The van der Waals surface area contributed by atoms with Gasteiger partial charge in [-0.05, 0) is 24.1 Å². The molecular weight excluding hydrogens is 262 g/mol. The van der Waals surface area contributed by atoms with Crippen molar-refractivity contribution in [3.05, 3.63) is 41.6 Å². The first-order valence-corrected chi connectivity index (χ1v) is 7.57. The van der Waals surface area contributed by atoms with Crippen LogP contribution in [0.15, 0.2) is 24.7 Å². The Labute approximate surface area is 126 Å². The molecule has 0 fully saturated rings. The van der Waals surface area contributed by atoms with E-state index in [9.17, 15) is 0 Å². The van der Waals surface area contributed by atoms with Crippen molar-refractivity contribution >= 4 is 5.82 Å². The number of nitrogens with zero attached hydrogens (tertiary/aromatic N) is 4. The third-order valence-corrected chi connectivity index (χ3v) is 3.87. The van der Waals surface area contributed by atoms with E-state index in [4.69, 9.17) is 0 Å². The Morgan fingerprint density at radius 1 is 1.29 bits per heavy atom. The Bertz CT molecular complexity index is 617. The van der Waals surface area contributed by atoms with Gasteiger partial charge in [0.2, 0.25) is 0 Å². The average Bonchev–Trinajstić information content (AvgIpc) is 2.92. The van der Waals surface area contributed by atoms with Crippen LogP contribution < -0.4 is 10.2 Å². The molecule has 1 aliphatic heterocycles. The fourth-order valence-corrected chi connectivity index (χ4v) is 2.73. The van der Waals surface area contributed by atoms with Crippen molar-refractivity contribution in [2.75, 3.05) is 11.4 Å². The molecule has 0 bridgehead atoms. The summed E-state index contributed by atoms with van der Waals surface area (Å²) in [6.45, 7) is 10.1. The molecule has 2 aromatic rings. The predicted octanol–water partition coefficient (Wildman–Crippen LogP) is 2.10. The molecule has 0 saturated heterocycles. The molecule has 0 aromatic carbocycles. The van der Waals surface area contributed by atoms with Crippen molar-refractivity contribution < 1.29 is 0 Å². The first kappa shape index (κ1) is 14.1. The normalized spacial score (nSPS) is 14.6. The highest BCUT2D eigenvalue weighted by Gasteiger charge is 2.19. The summed E-state index contributed by atoms with van der Waals surface area (Å²) in [4.78, 5) is 11.4. The van der Waals surface area contributed by atoms with Crippen LogP contribution in [0.3, 0.4) is 0 Å². The number of pyridine rings is 1. The first-order chi connectivity index (χ1) is 10.1. The summed E-state index contributed by atoms with van der Waals surface area (Å²) in [5.74, 6) is 2.20. The molecular formula is C16H23N5. The first-order valence-electron chi connectivity index (χ1n) is 7.57. The lowest BCUT2D eigenvalue weighted by Gasteiger charge is -2.29. The second-order valence-corrected chi connectivity index (χ2v) is 5.98. The molecule has 0 unspecified atom stereocenters. The van der Waals surface area contributed by atoms with E-state index in [1.54, 1.807) is 0 Å². The summed E-state index contributed by atoms with van der Waals surface area (Å²) in [5.41, 5.74) is 2.47. The van der Waals surface area contributed by atoms with Crippen molar-refractivity contribution in [1.29, 1.82) is 0 Å². The van der Waals surface area contributed by atoms with Crippen LogP contribution in [0.1, 0.15) is 30.8 Å². The van der Waals surface area contributed by atoms with Crippen LogP contribution in [0.4, 0.5) is 5.82 Å². The quantitative estimate of drug-likeness (QED) is 0.934. The minimum Gasteiger partial charge on any atom is -0.347 e. The van der Waals surface area contributed by atoms with Crippen LogP contribution in [0.2, 0.25) is 0 Å². The van der Waals surface area contributed by atoms with Gasteiger partial charge < -0.3 is 14.8 Å². The summed E-state index contributed by atoms with van der Waals surface area (Å²) in [7, 11) is 0. The molecule has 0 saturated carbocycles. The third-order valence-electron chi connectivity index (χ3n) is 3.87. The number of aromatic nitrogens is 3. The molecule has 1 N–H and O–H groups in total. The van der Waals surface area contributed by atoms with Gasteiger partial charge in [0.25, 0.3) is 0 Å². The van der Waals surface area contributed by atoms with Gasteiger partial charge in [0.1, 0.15) is 11.6 Å². The van der Waals surface area contributed by atoms with E-state index >= 15 is 0 Å². The molecule has 0 spiro atoms. The number of fused-ring (bicyclic) bond motifs is 1. The van der Waals surface area contributed by atoms with Crippen LogP contribution in [0, 0.1) is 6.92 Å². The van der Waals surface area contributed by atoms with Crippen LogP contribution in [0.5, 0.6) is 0 Å². The maximum Gasteiger partial charge on any atom is 0.131 e. The van der Waals surface area contributed by atoms with Crippen LogP contribution in [-0.4, -0.2) is 27.1 Å². The van der Waals surface area contributed by atoms with Gasteiger partial charge in [-0.1, -0.05) is 13.8 Å². The standard InChI is InChI=1S/C16H23N5/c1-12(2)18-9-14-8-13(3)16(19-10-14)21-7-6-20-5-4-17-15(20)11-21/h4-5,8,10,12,18H,6-7,9,11H2,1-3H3. The molecule has 0 radical (unpaired) electrons.